The highest BCUT2D eigenvalue weighted by atomic mass is 79.9. The van der Waals surface area contributed by atoms with E-state index in [9.17, 15) is 9.59 Å². The standard InChI is InChI=1S/C11H8BrNO2/c12-9-3-1-8(2-4-9)11(15)13-6-5-10(14)7-13/h1-6H,7H2. The fourth-order valence-electron chi connectivity index (χ4n) is 1.34. The van der Waals surface area contributed by atoms with Crippen LogP contribution in [0.1, 0.15) is 10.4 Å². The lowest BCUT2D eigenvalue weighted by Gasteiger charge is -2.12. The molecule has 76 valence electrons. The lowest BCUT2D eigenvalue weighted by atomic mass is 10.2. The molecule has 0 N–H and O–H groups in total. The highest BCUT2D eigenvalue weighted by molar-refractivity contribution is 9.10. The number of carbonyl (C=O) groups is 2. The number of hydrogen-bond acceptors (Lipinski definition) is 2. The topological polar surface area (TPSA) is 37.4 Å². The molecule has 0 unspecified atom stereocenters. The number of nitrogens with zero attached hydrogens (tertiary/aromatic N) is 1. The molecule has 0 fully saturated rings. The van der Waals surface area contributed by atoms with Crippen molar-refractivity contribution < 1.29 is 9.59 Å². The molecule has 0 saturated carbocycles. The molecule has 1 aliphatic heterocycles. The van der Waals surface area contributed by atoms with Gasteiger partial charge in [0.1, 0.15) is 0 Å². The highest BCUT2D eigenvalue weighted by Crippen LogP contribution is 2.13. The number of carbonyl (C=O) groups excluding carboxylic acids is 2. The molecule has 1 aromatic carbocycles. The van der Waals surface area contributed by atoms with Crippen molar-refractivity contribution in [2.24, 2.45) is 0 Å². The maximum atomic E-state index is 11.8. The third kappa shape index (κ3) is 2.15. The third-order valence-electron chi connectivity index (χ3n) is 2.12. The summed E-state index contributed by atoms with van der Waals surface area (Å²) in [5.74, 6) is -0.190. The smallest absolute Gasteiger partial charge is 0.258 e. The molecule has 0 radical (unpaired) electrons. The van der Waals surface area contributed by atoms with Crippen LogP contribution in [0.4, 0.5) is 0 Å². The van der Waals surface area contributed by atoms with Gasteiger partial charge in [-0.3, -0.25) is 9.59 Å². The van der Waals surface area contributed by atoms with Gasteiger partial charge in [0.25, 0.3) is 5.91 Å². The van der Waals surface area contributed by atoms with E-state index in [-0.39, 0.29) is 18.2 Å². The van der Waals surface area contributed by atoms with Gasteiger partial charge in [0.05, 0.1) is 6.54 Å². The van der Waals surface area contributed by atoms with E-state index in [2.05, 4.69) is 15.9 Å². The van der Waals surface area contributed by atoms with Gasteiger partial charge in [-0.15, -0.1) is 0 Å². The fourth-order valence-corrected chi connectivity index (χ4v) is 1.61. The van der Waals surface area contributed by atoms with Crippen LogP contribution in [0.2, 0.25) is 0 Å². The van der Waals surface area contributed by atoms with Gasteiger partial charge >= 0.3 is 0 Å². The maximum Gasteiger partial charge on any atom is 0.258 e. The van der Waals surface area contributed by atoms with Gasteiger partial charge < -0.3 is 4.90 Å². The van der Waals surface area contributed by atoms with Crippen LogP contribution in [0.3, 0.4) is 0 Å². The van der Waals surface area contributed by atoms with Crippen LogP contribution in [0.5, 0.6) is 0 Å². The summed E-state index contributed by atoms with van der Waals surface area (Å²) >= 11 is 3.29. The van der Waals surface area contributed by atoms with Gasteiger partial charge in [-0.1, -0.05) is 15.9 Å². The van der Waals surface area contributed by atoms with E-state index in [1.807, 2.05) is 0 Å². The molecule has 0 aliphatic carbocycles. The van der Waals surface area contributed by atoms with Gasteiger partial charge in [0.2, 0.25) is 0 Å². The Morgan fingerprint density at radius 2 is 1.93 bits per heavy atom. The first kappa shape index (κ1) is 10.1. The molecule has 0 aromatic heterocycles. The zero-order chi connectivity index (χ0) is 10.8. The SMILES string of the molecule is O=C1C=CN(C(=O)c2ccc(Br)cc2)C1. The Morgan fingerprint density at radius 3 is 2.47 bits per heavy atom. The second-order valence-corrected chi connectivity index (χ2v) is 4.14. The van der Waals surface area contributed by atoms with Crippen LogP contribution < -0.4 is 0 Å². The molecular weight excluding hydrogens is 258 g/mol. The van der Waals surface area contributed by atoms with Crippen molar-refractivity contribution in [3.8, 4) is 0 Å². The number of amides is 1. The Bertz CT molecular complexity index is 436. The monoisotopic (exact) mass is 265 g/mol. The average molecular weight is 266 g/mol. The molecule has 1 amide bonds. The van der Waals surface area contributed by atoms with Crippen molar-refractivity contribution in [3.05, 3.63) is 46.6 Å². The molecule has 0 bridgehead atoms. The summed E-state index contributed by atoms with van der Waals surface area (Å²) in [6.45, 7) is 0.148. The van der Waals surface area contributed by atoms with E-state index < -0.39 is 0 Å². The number of rotatable bonds is 1. The van der Waals surface area contributed by atoms with Crippen LogP contribution in [-0.4, -0.2) is 23.1 Å². The van der Waals surface area contributed by atoms with E-state index in [1.165, 1.54) is 17.2 Å². The number of ketones is 1. The van der Waals surface area contributed by atoms with Crippen LogP contribution in [-0.2, 0) is 4.79 Å². The minimum Gasteiger partial charge on any atom is -0.307 e. The summed E-state index contributed by atoms with van der Waals surface area (Å²) in [5.41, 5.74) is 0.581. The van der Waals surface area contributed by atoms with Crippen molar-refractivity contribution in [2.75, 3.05) is 6.54 Å². The molecule has 0 spiro atoms. The molecule has 3 nitrogen and oxygen atoms in total. The van der Waals surface area contributed by atoms with Gasteiger partial charge in [0.15, 0.2) is 5.78 Å². The molecule has 1 aromatic rings. The molecule has 0 saturated heterocycles. The lowest BCUT2D eigenvalue weighted by Crippen LogP contribution is -2.25. The van der Waals surface area contributed by atoms with Crippen LogP contribution >= 0.6 is 15.9 Å². The van der Waals surface area contributed by atoms with Crippen LogP contribution in [0, 0.1) is 0 Å². The Balaban J connectivity index is 2.18. The van der Waals surface area contributed by atoms with Crippen LogP contribution in [0.15, 0.2) is 41.0 Å². The second kappa shape index (κ2) is 3.98. The summed E-state index contributed by atoms with van der Waals surface area (Å²) in [4.78, 5) is 24.2. The van der Waals surface area contributed by atoms with E-state index >= 15 is 0 Å². The molecule has 15 heavy (non-hydrogen) atoms. The van der Waals surface area contributed by atoms with Crippen molar-refractivity contribution in [2.45, 2.75) is 0 Å². The summed E-state index contributed by atoms with van der Waals surface area (Å²) in [7, 11) is 0. The molecule has 4 heteroatoms. The summed E-state index contributed by atoms with van der Waals surface area (Å²) in [6.07, 6.45) is 2.93. The van der Waals surface area contributed by atoms with Crippen molar-refractivity contribution >= 4 is 27.6 Å². The molecular formula is C11H8BrNO2. The predicted octanol–water partition coefficient (Wildman–Crippen LogP) is 1.99. The average Bonchev–Trinajstić information content (AvgIpc) is 2.65. The van der Waals surface area contributed by atoms with Crippen molar-refractivity contribution in [1.29, 1.82) is 0 Å². The fraction of sp³-hybridized carbons (Fsp3) is 0.0909. The predicted molar refractivity (Wildman–Crippen MR) is 59.3 cm³/mol. The van der Waals surface area contributed by atoms with Gasteiger partial charge in [-0.2, -0.15) is 0 Å². The van der Waals surface area contributed by atoms with Crippen LogP contribution in [0.25, 0.3) is 0 Å². The largest absolute Gasteiger partial charge is 0.307 e. The number of benzene rings is 1. The number of hydrogen-bond donors (Lipinski definition) is 0. The van der Waals surface area contributed by atoms with E-state index in [1.54, 1.807) is 24.3 Å². The Morgan fingerprint density at radius 1 is 1.27 bits per heavy atom. The van der Waals surface area contributed by atoms with E-state index in [4.69, 9.17) is 0 Å². The first-order valence-electron chi connectivity index (χ1n) is 4.44. The van der Waals surface area contributed by atoms with Crippen molar-refractivity contribution in [1.82, 2.24) is 4.90 Å². The second-order valence-electron chi connectivity index (χ2n) is 3.22. The number of halogens is 1. The van der Waals surface area contributed by atoms with Crippen molar-refractivity contribution in [3.63, 3.8) is 0 Å². The third-order valence-corrected chi connectivity index (χ3v) is 2.65. The lowest BCUT2D eigenvalue weighted by molar-refractivity contribution is -0.113. The Hall–Kier alpha value is -1.42. The first-order chi connectivity index (χ1) is 7.16. The van der Waals surface area contributed by atoms with Gasteiger partial charge in [-0.05, 0) is 30.3 Å². The normalized spacial score (nSPS) is 14.7. The van der Waals surface area contributed by atoms with Gasteiger partial charge in [0, 0.05) is 16.2 Å². The highest BCUT2D eigenvalue weighted by Gasteiger charge is 2.19. The molecule has 1 aliphatic rings. The first-order valence-corrected chi connectivity index (χ1v) is 5.24. The Kier molecular flexibility index (Phi) is 2.68. The Labute approximate surface area is 95.5 Å². The molecule has 0 atom stereocenters. The maximum absolute atomic E-state index is 11.8. The van der Waals surface area contributed by atoms with E-state index in [0.717, 1.165) is 4.47 Å². The minimum absolute atomic E-state index is 0.0412. The minimum atomic E-state index is -0.149. The molecule has 1 heterocycles. The molecule has 2 rings (SSSR count). The van der Waals surface area contributed by atoms with Gasteiger partial charge in [-0.25, -0.2) is 0 Å². The summed E-state index contributed by atoms with van der Waals surface area (Å²) in [6, 6.07) is 7.05. The zero-order valence-electron chi connectivity index (χ0n) is 7.81. The summed E-state index contributed by atoms with van der Waals surface area (Å²) in [5, 5.41) is 0. The van der Waals surface area contributed by atoms with E-state index in [0.29, 0.717) is 5.56 Å². The summed E-state index contributed by atoms with van der Waals surface area (Å²) < 4.78 is 0.923. The quantitative estimate of drug-likeness (QED) is 0.779. The zero-order valence-corrected chi connectivity index (χ0v) is 9.40.